The Morgan fingerprint density at radius 3 is 2.17 bits per heavy atom. The summed E-state index contributed by atoms with van der Waals surface area (Å²) in [7, 11) is 0. The van der Waals surface area contributed by atoms with Gasteiger partial charge in [0.15, 0.2) is 0 Å². The normalized spacial score (nSPS) is 41.0. The minimum atomic E-state index is -0.761. The predicted octanol–water partition coefficient (Wildman–Crippen LogP) is 5.14. The zero-order valence-corrected chi connectivity index (χ0v) is 22.2. The van der Waals surface area contributed by atoms with Crippen LogP contribution in [0.4, 0.5) is 0 Å². The van der Waals surface area contributed by atoms with Crippen LogP contribution in [-0.4, -0.2) is 58.8 Å². The van der Waals surface area contributed by atoms with E-state index in [1.165, 1.54) is 0 Å². The Morgan fingerprint density at radius 1 is 0.861 bits per heavy atom. The minimum Gasteiger partial charge on any atom is -0.457 e. The maximum absolute atomic E-state index is 12.7. The van der Waals surface area contributed by atoms with E-state index in [2.05, 4.69) is 13.8 Å². The molecule has 0 aliphatic carbocycles. The molecule has 7 atom stereocenters. The van der Waals surface area contributed by atoms with Crippen LogP contribution < -0.4 is 0 Å². The molecule has 4 aliphatic rings. The fourth-order valence-corrected chi connectivity index (χ4v) is 6.53. The summed E-state index contributed by atoms with van der Waals surface area (Å²) in [5, 5.41) is 0. The van der Waals surface area contributed by atoms with Crippen molar-refractivity contribution in [3.05, 3.63) is 35.9 Å². The molecule has 0 saturated carbocycles. The molecular weight excluding hydrogens is 460 g/mol. The Balaban J connectivity index is 1.19. The topological polar surface area (TPSA) is 80.3 Å². The van der Waals surface area contributed by atoms with Crippen molar-refractivity contribution >= 4 is 11.9 Å². The van der Waals surface area contributed by atoms with Crippen molar-refractivity contribution in [2.75, 3.05) is 0 Å². The van der Waals surface area contributed by atoms with Gasteiger partial charge in [-0.3, -0.25) is 4.79 Å². The van der Waals surface area contributed by atoms with Crippen LogP contribution in [0.2, 0.25) is 0 Å². The van der Waals surface area contributed by atoms with E-state index in [4.69, 9.17) is 23.7 Å². The zero-order valence-electron chi connectivity index (χ0n) is 22.2. The van der Waals surface area contributed by atoms with Crippen molar-refractivity contribution in [3.63, 3.8) is 0 Å². The largest absolute Gasteiger partial charge is 0.457 e. The van der Waals surface area contributed by atoms with Gasteiger partial charge in [-0.05, 0) is 91.7 Å². The molecule has 198 valence electrons. The van der Waals surface area contributed by atoms with Gasteiger partial charge in [0.1, 0.15) is 11.2 Å². The number of hydrogen-bond acceptors (Lipinski definition) is 7. The summed E-state index contributed by atoms with van der Waals surface area (Å²) in [6, 6.07) is 9.06. The van der Waals surface area contributed by atoms with Gasteiger partial charge in [0.25, 0.3) is 0 Å². The number of benzene rings is 1. The van der Waals surface area contributed by atoms with Crippen LogP contribution in [0.5, 0.6) is 0 Å². The van der Waals surface area contributed by atoms with Gasteiger partial charge in [0, 0.05) is 6.42 Å². The molecule has 4 fully saturated rings. The van der Waals surface area contributed by atoms with Gasteiger partial charge >= 0.3 is 11.9 Å². The molecule has 7 nitrogen and oxygen atoms in total. The SMILES string of the molecule is CC(C)(OC(=O)c1ccccc1)C1CCC(C)(C2CCC(C)(C3CCC(C4(C)CCC(=O)O4)O3)O2)O1. The lowest BCUT2D eigenvalue weighted by atomic mass is 9.89. The number of hydrogen-bond donors (Lipinski definition) is 0. The highest BCUT2D eigenvalue weighted by Crippen LogP contribution is 2.49. The first-order valence-electron chi connectivity index (χ1n) is 13.4. The second kappa shape index (κ2) is 9.10. The number of esters is 2. The molecule has 0 aromatic heterocycles. The Hall–Kier alpha value is -1.96. The first-order chi connectivity index (χ1) is 16.9. The van der Waals surface area contributed by atoms with Crippen LogP contribution in [0, 0.1) is 0 Å². The summed E-state index contributed by atoms with van der Waals surface area (Å²) in [6.45, 7) is 10.1. The summed E-state index contributed by atoms with van der Waals surface area (Å²) >= 11 is 0. The minimum absolute atomic E-state index is 0.0345. The zero-order chi connectivity index (χ0) is 25.8. The van der Waals surface area contributed by atoms with Crippen LogP contribution in [0.15, 0.2) is 30.3 Å². The molecule has 0 N–H and O–H groups in total. The highest BCUT2D eigenvalue weighted by atomic mass is 16.6. The van der Waals surface area contributed by atoms with Crippen molar-refractivity contribution in [3.8, 4) is 0 Å². The lowest BCUT2D eigenvalue weighted by Crippen LogP contribution is -2.48. The number of carbonyl (C=O) groups excluding carboxylic acids is 2. The maximum atomic E-state index is 12.7. The molecule has 4 heterocycles. The van der Waals surface area contributed by atoms with E-state index in [0.29, 0.717) is 18.4 Å². The molecule has 7 heteroatoms. The summed E-state index contributed by atoms with van der Waals surface area (Å²) in [6.07, 6.45) is 5.96. The molecule has 4 saturated heterocycles. The summed E-state index contributed by atoms with van der Waals surface area (Å²) in [4.78, 5) is 24.4. The highest BCUT2D eigenvalue weighted by molar-refractivity contribution is 5.89. The van der Waals surface area contributed by atoms with Crippen molar-refractivity contribution in [1.29, 1.82) is 0 Å². The van der Waals surface area contributed by atoms with E-state index in [1.54, 1.807) is 12.1 Å². The number of rotatable bonds is 6. The van der Waals surface area contributed by atoms with Crippen molar-refractivity contribution in [2.24, 2.45) is 0 Å². The second-order valence-corrected chi connectivity index (χ2v) is 12.3. The third-order valence-corrected chi connectivity index (χ3v) is 9.00. The number of ether oxygens (including phenoxy) is 5. The summed E-state index contributed by atoms with van der Waals surface area (Å²) in [5.74, 6) is -0.469. The van der Waals surface area contributed by atoms with Crippen molar-refractivity contribution in [2.45, 2.75) is 133 Å². The molecule has 36 heavy (non-hydrogen) atoms. The standard InChI is InChI=1S/C29H40O7/c1-26(2,36-25(31)19-9-7-6-8-10-19)20-13-16-29(5,33-20)23-14-17-27(3,34-23)21-11-12-22(32-21)28(4)18-15-24(30)35-28/h6-10,20-23H,11-18H2,1-5H3. The van der Waals surface area contributed by atoms with Gasteiger partial charge in [-0.1, -0.05) is 18.2 Å². The molecule has 7 unspecified atom stereocenters. The number of carbonyl (C=O) groups is 2. The first kappa shape index (κ1) is 25.7. The molecular formula is C29H40O7. The fourth-order valence-electron chi connectivity index (χ4n) is 6.53. The Morgan fingerprint density at radius 2 is 1.50 bits per heavy atom. The van der Waals surface area contributed by atoms with E-state index >= 15 is 0 Å². The van der Waals surface area contributed by atoms with Gasteiger partial charge in [0.05, 0.1) is 41.2 Å². The molecule has 0 spiro atoms. The average Bonchev–Trinajstić information content (AvgIpc) is 3.62. The molecule has 0 bridgehead atoms. The Kier molecular flexibility index (Phi) is 6.49. The third kappa shape index (κ3) is 4.70. The van der Waals surface area contributed by atoms with Crippen LogP contribution in [-0.2, 0) is 28.5 Å². The molecule has 4 aliphatic heterocycles. The summed E-state index contributed by atoms with van der Waals surface area (Å²) < 4.78 is 31.4. The molecule has 1 aromatic carbocycles. The highest BCUT2D eigenvalue weighted by Gasteiger charge is 2.57. The third-order valence-electron chi connectivity index (χ3n) is 9.00. The smallest absolute Gasteiger partial charge is 0.338 e. The second-order valence-electron chi connectivity index (χ2n) is 12.3. The van der Waals surface area contributed by atoms with Crippen LogP contribution in [0.3, 0.4) is 0 Å². The van der Waals surface area contributed by atoms with Crippen molar-refractivity contribution < 1.29 is 33.3 Å². The Labute approximate surface area is 214 Å². The first-order valence-corrected chi connectivity index (χ1v) is 13.4. The number of cyclic esters (lactones) is 1. The molecule has 1 aromatic rings. The van der Waals surface area contributed by atoms with Crippen LogP contribution >= 0.6 is 0 Å². The maximum Gasteiger partial charge on any atom is 0.338 e. The van der Waals surface area contributed by atoms with Crippen LogP contribution in [0.1, 0.15) is 96.3 Å². The predicted molar refractivity (Wildman–Crippen MR) is 133 cm³/mol. The summed E-state index contributed by atoms with van der Waals surface area (Å²) in [5.41, 5.74) is -1.61. The Bertz CT molecular complexity index is 993. The average molecular weight is 501 g/mol. The van der Waals surface area contributed by atoms with Crippen LogP contribution in [0.25, 0.3) is 0 Å². The quantitative estimate of drug-likeness (QED) is 0.500. The van der Waals surface area contributed by atoms with E-state index < -0.39 is 22.4 Å². The van der Waals surface area contributed by atoms with Crippen molar-refractivity contribution in [1.82, 2.24) is 0 Å². The van der Waals surface area contributed by atoms with E-state index in [1.807, 2.05) is 39.0 Å². The van der Waals surface area contributed by atoms with Gasteiger partial charge in [0.2, 0.25) is 0 Å². The van der Waals surface area contributed by atoms with Gasteiger partial charge in [-0.2, -0.15) is 0 Å². The van der Waals surface area contributed by atoms with E-state index in [0.717, 1.165) is 38.5 Å². The monoisotopic (exact) mass is 500 g/mol. The molecule has 5 rings (SSSR count). The lowest BCUT2D eigenvalue weighted by Gasteiger charge is -2.38. The molecule has 0 radical (unpaired) electrons. The van der Waals surface area contributed by atoms with Gasteiger partial charge in [-0.15, -0.1) is 0 Å². The van der Waals surface area contributed by atoms with Gasteiger partial charge in [-0.25, -0.2) is 4.79 Å². The van der Waals surface area contributed by atoms with Gasteiger partial charge < -0.3 is 23.7 Å². The van der Waals surface area contributed by atoms with E-state index in [-0.39, 0.29) is 36.4 Å². The fraction of sp³-hybridized carbons (Fsp3) is 0.724. The van der Waals surface area contributed by atoms with E-state index in [9.17, 15) is 9.59 Å². The lowest BCUT2D eigenvalue weighted by molar-refractivity contribution is -0.202. The molecule has 0 amide bonds.